The van der Waals surface area contributed by atoms with E-state index in [-0.39, 0.29) is 0 Å². The molecule has 2 atom stereocenters. The fourth-order valence-electron chi connectivity index (χ4n) is 1.98. The van der Waals surface area contributed by atoms with E-state index in [0.717, 1.165) is 6.42 Å². The minimum Gasteiger partial charge on any atom is -0.333 e. The third kappa shape index (κ3) is 1.37. The van der Waals surface area contributed by atoms with Crippen LogP contribution in [0.25, 0.3) is 0 Å². The second kappa shape index (κ2) is 3.27. The van der Waals surface area contributed by atoms with Crippen LogP contribution in [0.3, 0.4) is 0 Å². The van der Waals surface area contributed by atoms with Gasteiger partial charge in [-0.25, -0.2) is 4.98 Å². The topological polar surface area (TPSA) is 43.8 Å². The van der Waals surface area contributed by atoms with Crippen LogP contribution in [0.1, 0.15) is 31.7 Å². The van der Waals surface area contributed by atoms with Gasteiger partial charge in [0.15, 0.2) is 0 Å². The molecular formula is C9H15N3. The second-order valence-corrected chi connectivity index (χ2v) is 3.53. The standard InChI is InChI=1S/C9H15N3/c10-8-3-1-2-4-9(8)12-6-5-11-7-12/h5-9H,1-4,10H2/t8-,9-/m1/s1. The van der Waals surface area contributed by atoms with Crippen molar-refractivity contribution >= 4 is 0 Å². The maximum Gasteiger partial charge on any atom is 0.0949 e. The molecule has 0 bridgehead atoms. The number of hydrogen-bond acceptors (Lipinski definition) is 2. The summed E-state index contributed by atoms with van der Waals surface area (Å²) in [5.41, 5.74) is 6.02. The molecule has 0 unspecified atom stereocenters. The van der Waals surface area contributed by atoms with Crippen molar-refractivity contribution in [2.24, 2.45) is 5.73 Å². The summed E-state index contributed by atoms with van der Waals surface area (Å²) in [6.07, 6.45) is 10.6. The van der Waals surface area contributed by atoms with Gasteiger partial charge >= 0.3 is 0 Å². The number of aromatic nitrogens is 2. The van der Waals surface area contributed by atoms with Gasteiger partial charge in [-0.1, -0.05) is 12.8 Å². The van der Waals surface area contributed by atoms with Crippen LogP contribution in [0.4, 0.5) is 0 Å². The quantitative estimate of drug-likeness (QED) is 0.682. The van der Waals surface area contributed by atoms with E-state index in [9.17, 15) is 0 Å². The van der Waals surface area contributed by atoms with Gasteiger partial charge in [-0.3, -0.25) is 0 Å². The van der Waals surface area contributed by atoms with Crippen LogP contribution in [0.2, 0.25) is 0 Å². The molecule has 1 aliphatic rings. The van der Waals surface area contributed by atoms with Gasteiger partial charge in [-0.2, -0.15) is 0 Å². The van der Waals surface area contributed by atoms with Crippen molar-refractivity contribution in [3.05, 3.63) is 18.7 Å². The molecule has 1 heterocycles. The average molecular weight is 165 g/mol. The molecule has 0 saturated heterocycles. The summed E-state index contributed by atoms with van der Waals surface area (Å²) >= 11 is 0. The average Bonchev–Trinajstić information content (AvgIpc) is 2.57. The van der Waals surface area contributed by atoms with E-state index in [4.69, 9.17) is 5.73 Å². The van der Waals surface area contributed by atoms with Crippen molar-refractivity contribution in [2.45, 2.75) is 37.8 Å². The number of nitrogens with zero attached hydrogens (tertiary/aromatic N) is 2. The molecule has 1 aromatic heterocycles. The Hall–Kier alpha value is -0.830. The lowest BCUT2D eigenvalue weighted by Crippen LogP contribution is -2.34. The van der Waals surface area contributed by atoms with E-state index in [1.165, 1.54) is 19.3 Å². The molecule has 1 saturated carbocycles. The Balaban J connectivity index is 2.11. The lowest BCUT2D eigenvalue weighted by atomic mass is 9.91. The normalized spacial score (nSPS) is 30.4. The maximum atomic E-state index is 6.02. The van der Waals surface area contributed by atoms with Crippen LogP contribution in [0, 0.1) is 0 Å². The Kier molecular flexibility index (Phi) is 2.13. The minimum absolute atomic E-state index is 0.327. The van der Waals surface area contributed by atoms with Gasteiger partial charge in [0.2, 0.25) is 0 Å². The molecule has 0 radical (unpaired) electrons. The molecule has 1 fully saturated rings. The van der Waals surface area contributed by atoms with E-state index in [1.807, 2.05) is 18.7 Å². The van der Waals surface area contributed by atoms with E-state index < -0.39 is 0 Å². The molecule has 3 heteroatoms. The van der Waals surface area contributed by atoms with Crippen LogP contribution < -0.4 is 5.73 Å². The van der Waals surface area contributed by atoms with Crippen molar-refractivity contribution in [1.29, 1.82) is 0 Å². The van der Waals surface area contributed by atoms with E-state index in [1.54, 1.807) is 0 Å². The smallest absolute Gasteiger partial charge is 0.0949 e. The highest BCUT2D eigenvalue weighted by Crippen LogP contribution is 2.26. The zero-order valence-corrected chi connectivity index (χ0v) is 7.19. The Bertz CT molecular complexity index is 230. The molecule has 66 valence electrons. The first-order chi connectivity index (χ1) is 5.88. The van der Waals surface area contributed by atoms with Crippen LogP contribution >= 0.6 is 0 Å². The summed E-state index contributed by atoms with van der Waals surface area (Å²) in [6, 6.07) is 0.814. The molecule has 0 amide bonds. The van der Waals surface area contributed by atoms with E-state index in [0.29, 0.717) is 12.1 Å². The van der Waals surface area contributed by atoms with Crippen LogP contribution in [-0.4, -0.2) is 15.6 Å². The molecule has 2 N–H and O–H groups in total. The minimum atomic E-state index is 0.327. The fraction of sp³-hybridized carbons (Fsp3) is 0.667. The highest BCUT2D eigenvalue weighted by atomic mass is 15.1. The van der Waals surface area contributed by atoms with Gasteiger partial charge in [0, 0.05) is 24.5 Å². The Labute approximate surface area is 72.6 Å². The second-order valence-electron chi connectivity index (χ2n) is 3.53. The van der Waals surface area contributed by atoms with Crippen molar-refractivity contribution in [3.8, 4) is 0 Å². The molecular weight excluding hydrogens is 150 g/mol. The van der Waals surface area contributed by atoms with E-state index >= 15 is 0 Å². The van der Waals surface area contributed by atoms with Gasteiger partial charge in [0.05, 0.1) is 6.33 Å². The predicted molar refractivity (Wildman–Crippen MR) is 47.7 cm³/mol. The SMILES string of the molecule is N[C@@H]1CCCC[C@H]1n1ccnc1. The van der Waals surface area contributed by atoms with Gasteiger partial charge in [0.25, 0.3) is 0 Å². The zero-order chi connectivity index (χ0) is 8.39. The van der Waals surface area contributed by atoms with Crippen LogP contribution in [0.15, 0.2) is 18.7 Å². The summed E-state index contributed by atoms with van der Waals surface area (Å²) in [6.45, 7) is 0. The van der Waals surface area contributed by atoms with E-state index in [2.05, 4.69) is 9.55 Å². The lowest BCUT2D eigenvalue weighted by molar-refractivity contribution is 0.306. The molecule has 0 spiro atoms. The summed E-state index contributed by atoms with van der Waals surface area (Å²) in [7, 11) is 0. The summed E-state index contributed by atoms with van der Waals surface area (Å²) < 4.78 is 2.14. The number of hydrogen-bond donors (Lipinski definition) is 1. The molecule has 3 nitrogen and oxygen atoms in total. The molecule has 12 heavy (non-hydrogen) atoms. The van der Waals surface area contributed by atoms with Gasteiger partial charge in [-0.05, 0) is 12.8 Å². The van der Waals surface area contributed by atoms with Crippen molar-refractivity contribution in [2.75, 3.05) is 0 Å². The zero-order valence-electron chi connectivity index (χ0n) is 7.19. The summed E-state index contributed by atoms with van der Waals surface area (Å²) in [4.78, 5) is 4.04. The molecule has 0 aromatic carbocycles. The first kappa shape index (κ1) is 7.80. The van der Waals surface area contributed by atoms with Crippen LogP contribution in [-0.2, 0) is 0 Å². The molecule has 1 aliphatic carbocycles. The summed E-state index contributed by atoms with van der Waals surface area (Å²) in [5, 5.41) is 0. The van der Waals surface area contributed by atoms with Gasteiger partial charge in [-0.15, -0.1) is 0 Å². The van der Waals surface area contributed by atoms with Gasteiger partial charge < -0.3 is 10.3 Å². The van der Waals surface area contributed by atoms with Crippen molar-refractivity contribution < 1.29 is 0 Å². The highest BCUT2D eigenvalue weighted by molar-refractivity contribution is 4.88. The first-order valence-electron chi connectivity index (χ1n) is 4.61. The lowest BCUT2D eigenvalue weighted by Gasteiger charge is -2.29. The Morgan fingerprint density at radius 2 is 2.17 bits per heavy atom. The molecule has 0 aliphatic heterocycles. The third-order valence-corrected chi connectivity index (χ3v) is 2.69. The van der Waals surface area contributed by atoms with Crippen molar-refractivity contribution in [1.82, 2.24) is 9.55 Å². The van der Waals surface area contributed by atoms with Crippen molar-refractivity contribution in [3.63, 3.8) is 0 Å². The Morgan fingerprint density at radius 1 is 1.33 bits per heavy atom. The molecule has 1 aromatic rings. The maximum absolute atomic E-state index is 6.02. The highest BCUT2D eigenvalue weighted by Gasteiger charge is 2.22. The number of imidazole rings is 1. The number of nitrogens with two attached hydrogens (primary N) is 1. The monoisotopic (exact) mass is 165 g/mol. The predicted octanol–water partition coefficient (Wildman–Crippen LogP) is 1.33. The number of rotatable bonds is 1. The van der Waals surface area contributed by atoms with Gasteiger partial charge in [0.1, 0.15) is 0 Å². The largest absolute Gasteiger partial charge is 0.333 e. The summed E-state index contributed by atoms with van der Waals surface area (Å²) in [5.74, 6) is 0. The Morgan fingerprint density at radius 3 is 2.83 bits per heavy atom. The van der Waals surface area contributed by atoms with Crippen LogP contribution in [0.5, 0.6) is 0 Å². The fourth-order valence-corrected chi connectivity index (χ4v) is 1.98. The first-order valence-corrected chi connectivity index (χ1v) is 4.61. The molecule has 2 rings (SSSR count). The third-order valence-electron chi connectivity index (χ3n) is 2.69.